The maximum absolute atomic E-state index is 14.0. The van der Waals surface area contributed by atoms with Crippen molar-refractivity contribution in [3.8, 4) is 0 Å². The van der Waals surface area contributed by atoms with Crippen LogP contribution in [0, 0.1) is 5.82 Å². The number of hydrogen-bond acceptors (Lipinski definition) is 4. The van der Waals surface area contributed by atoms with E-state index < -0.39 is 38.3 Å². The van der Waals surface area contributed by atoms with Crippen LogP contribution >= 0.6 is 15.9 Å². The first kappa shape index (κ1) is 17.0. The minimum Gasteiger partial charge on any atom is -0.478 e. The predicted octanol–water partition coefficient (Wildman–Crippen LogP) is 1.60. The highest BCUT2D eigenvalue weighted by molar-refractivity contribution is 9.10. The molecule has 0 aliphatic heterocycles. The van der Waals surface area contributed by atoms with Crippen molar-refractivity contribution < 1.29 is 27.4 Å². The van der Waals surface area contributed by atoms with E-state index >= 15 is 0 Å². The van der Waals surface area contributed by atoms with Crippen molar-refractivity contribution >= 4 is 31.9 Å². The smallest absolute Gasteiger partial charge is 0.338 e. The van der Waals surface area contributed by atoms with E-state index in [-0.39, 0.29) is 11.1 Å². The normalized spacial score (nSPS) is 13.2. The summed E-state index contributed by atoms with van der Waals surface area (Å²) in [4.78, 5) is 10.2. The summed E-state index contributed by atoms with van der Waals surface area (Å²) in [6, 6.07) is 1.41. The molecule has 0 aliphatic carbocycles. The number of carboxylic acid groups (broad SMARTS) is 1. The predicted molar refractivity (Wildman–Crippen MR) is 72.7 cm³/mol. The molecule has 0 amide bonds. The first-order chi connectivity index (χ1) is 9.19. The second-order valence-electron chi connectivity index (χ2n) is 4.05. The average Bonchev–Trinajstić information content (AvgIpc) is 2.30. The number of carboxylic acids is 1. The van der Waals surface area contributed by atoms with Crippen LogP contribution in [0.2, 0.25) is 0 Å². The monoisotopic (exact) mass is 369 g/mol. The van der Waals surface area contributed by atoms with Crippen LogP contribution in [0.1, 0.15) is 17.3 Å². The lowest BCUT2D eigenvalue weighted by Crippen LogP contribution is -2.36. The minimum absolute atomic E-state index is 0.0979. The van der Waals surface area contributed by atoms with Crippen molar-refractivity contribution in [1.29, 1.82) is 0 Å². The Kier molecular flexibility index (Phi) is 5.63. The molecule has 0 spiro atoms. The number of benzene rings is 1. The van der Waals surface area contributed by atoms with Gasteiger partial charge >= 0.3 is 5.97 Å². The Bertz CT molecular complexity index is 619. The number of carbonyl (C=O) groups is 1. The Hall–Kier alpha value is -1.03. The number of methoxy groups -OCH3 is 1. The number of hydrogen-bond donors (Lipinski definition) is 2. The van der Waals surface area contributed by atoms with Crippen LogP contribution in [0.5, 0.6) is 0 Å². The molecule has 0 radical (unpaired) electrons. The highest BCUT2D eigenvalue weighted by atomic mass is 79.9. The topological polar surface area (TPSA) is 92.7 Å². The molecule has 1 unspecified atom stereocenters. The zero-order valence-electron chi connectivity index (χ0n) is 10.7. The number of rotatable bonds is 6. The van der Waals surface area contributed by atoms with Crippen molar-refractivity contribution in [1.82, 2.24) is 4.72 Å². The molecule has 0 heterocycles. The van der Waals surface area contributed by atoms with Gasteiger partial charge in [0, 0.05) is 17.6 Å². The molecule has 1 aromatic carbocycles. The fraction of sp³-hybridized carbons (Fsp3) is 0.364. The van der Waals surface area contributed by atoms with Crippen molar-refractivity contribution in [2.75, 3.05) is 13.7 Å². The van der Waals surface area contributed by atoms with E-state index in [4.69, 9.17) is 9.84 Å². The summed E-state index contributed by atoms with van der Waals surface area (Å²) in [6.07, 6.45) is 0. The molecule has 0 saturated heterocycles. The number of sulfonamides is 1. The molecule has 6 nitrogen and oxygen atoms in total. The third-order valence-corrected chi connectivity index (χ3v) is 4.34. The van der Waals surface area contributed by atoms with Crippen LogP contribution in [-0.4, -0.2) is 39.3 Å². The van der Waals surface area contributed by atoms with E-state index in [1.807, 2.05) is 0 Å². The van der Waals surface area contributed by atoms with Gasteiger partial charge in [-0.25, -0.2) is 22.3 Å². The number of halogens is 2. The van der Waals surface area contributed by atoms with E-state index in [1.165, 1.54) is 14.0 Å². The maximum atomic E-state index is 14.0. The molecule has 112 valence electrons. The van der Waals surface area contributed by atoms with Gasteiger partial charge in [0.15, 0.2) is 5.82 Å². The minimum atomic E-state index is -4.19. The van der Waals surface area contributed by atoms with Crippen LogP contribution in [0.15, 0.2) is 21.5 Å². The van der Waals surface area contributed by atoms with E-state index in [1.54, 1.807) is 0 Å². The van der Waals surface area contributed by atoms with Crippen LogP contribution in [-0.2, 0) is 14.8 Å². The molecule has 0 fully saturated rings. The van der Waals surface area contributed by atoms with Crippen LogP contribution < -0.4 is 4.72 Å². The molecule has 0 saturated carbocycles. The molecule has 1 aromatic rings. The molecular formula is C11H13BrFNO5S. The molecule has 0 aromatic heterocycles. The molecule has 9 heteroatoms. The van der Waals surface area contributed by atoms with E-state index in [0.717, 1.165) is 12.1 Å². The zero-order chi connectivity index (χ0) is 15.5. The first-order valence-corrected chi connectivity index (χ1v) is 7.70. The fourth-order valence-electron chi connectivity index (χ4n) is 1.53. The van der Waals surface area contributed by atoms with Crippen LogP contribution in [0.4, 0.5) is 4.39 Å². The van der Waals surface area contributed by atoms with Crippen molar-refractivity contribution in [2.45, 2.75) is 17.9 Å². The molecule has 1 atom stereocenters. The van der Waals surface area contributed by atoms with Gasteiger partial charge in [-0.1, -0.05) is 15.9 Å². The van der Waals surface area contributed by atoms with Gasteiger partial charge < -0.3 is 9.84 Å². The van der Waals surface area contributed by atoms with Gasteiger partial charge in [0.2, 0.25) is 10.0 Å². The summed E-state index contributed by atoms with van der Waals surface area (Å²) in [7, 11) is -2.79. The lowest BCUT2D eigenvalue weighted by molar-refractivity contribution is 0.0691. The van der Waals surface area contributed by atoms with Gasteiger partial charge in [-0.05, 0) is 19.1 Å². The molecule has 2 N–H and O–H groups in total. The number of nitrogens with one attached hydrogen (secondary N) is 1. The second-order valence-corrected chi connectivity index (χ2v) is 6.65. The highest BCUT2D eigenvalue weighted by Gasteiger charge is 2.26. The Morgan fingerprint density at radius 2 is 2.15 bits per heavy atom. The summed E-state index contributed by atoms with van der Waals surface area (Å²) in [5, 5.41) is 8.85. The molecule has 0 bridgehead atoms. The largest absolute Gasteiger partial charge is 0.478 e. The lowest BCUT2D eigenvalue weighted by Gasteiger charge is -2.14. The molecule has 20 heavy (non-hydrogen) atoms. The average molecular weight is 370 g/mol. The van der Waals surface area contributed by atoms with Gasteiger partial charge in [-0.15, -0.1) is 0 Å². The lowest BCUT2D eigenvalue weighted by atomic mass is 10.2. The van der Waals surface area contributed by atoms with Crippen molar-refractivity contribution in [2.24, 2.45) is 0 Å². The quantitative estimate of drug-likeness (QED) is 0.794. The molecule has 1 rings (SSSR count). The van der Waals surface area contributed by atoms with Gasteiger partial charge in [0.25, 0.3) is 0 Å². The van der Waals surface area contributed by atoms with Crippen molar-refractivity contribution in [3.05, 3.63) is 28.0 Å². The van der Waals surface area contributed by atoms with Crippen LogP contribution in [0.25, 0.3) is 0 Å². The van der Waals surface area contributed by atoms with Gasteiger partial charge in [-0.3, -0.25) is 0 Å². The standard InChI is InChI=1S/C11H13BrFNO5S/c1-6(5-19-2)14-20(17,18)9-4-7(12)3-8(10(9)13)11(15)16/h3-4,6,14H,5H2,1-2H3,(H,15,16). The van der Waals surface area contributed by atoms with Crippen LogP contribution in [0.3, 0.4) is 0 Å². The van der Waals surface area contributed by atoms with E-state index in [0.29, 0.717) is 0 Å². The number of aromatic carboxylic acids is 1. The fourth-order valence-corrected chi connectivity index (χ4v) is 3.49. The van der Waals surface area contributed by atoms with Gasteiger partial charge in [0.05, 0.1) is 12.2 Å². The van der Waals surface area contributed by atoms with E-state index in [9.17, 15) is 17.6 Å². The third kappa shape index (κ3) is 3.98. The second kappa shape index (κ2) is 6.61. The van der Waals surface area contributed by atoms with Crippen molar-refractivity contribution in [3.63, 3.8) is 0 Å². The Morgan fingerprint density at radius 3 is 2.65 bits per heavy atom. The number of ether oxygens (including phenoxy) is 1. The molecular weight excluding hydrogens is 357 g/mol. The zero-order valence-corrected chi connectivity index (χ0v) is 13.1. The SMILES string of the molecule is COCC(C)NS(=O)(=O)c1cc(Br)cc(C(=O)O)c1F. The summed E-state index contributed by atoms with van der Waals surface area (Å²) >= 11 is 2.96. The van der Waals surface area contributed by atoms with Gasteiger partial charge in [0.1, 0.15) is 4.90 Å². The van der Waals surface area contributed by atoms with E-state index in [2.05, 4.69) is 20.7 Å². The summed E-state index contributed by atoms with van der Waals surface area (Å²) in [6.45, 7) is 1.63. The summed E-state index contributed by atoms with van der Waals surface area (Å²) in [5.74, 6) is -2.86. The maximum Gasteiger partial charge on any atom is 0.338 e. The Labute approximate surface area is 124 Å². The Morgan fingerprint density at radius 1 is 1.55 bits per heavy atom. The Balaban J connectivity index is 3.28. The summed E-state index contributed by atoms with van der Waals surface area (Å²) in [5.41, 5.74) is -0.723. The highest BCUT2D eigenvalue weighted by Crippen LogP contribution is 2.24. The summed E-state index contributed by atoms with van der Waals surface area (Å²) < 4.78 is 45.2. The van der Waals surface area contributed by atoms with Gasteiger partial charge in [-0.2, -0.15) is 0 Å². The first-order valence-electron chi connectivity index (χ1n) is 5.42. The third-order valence-electron chi connectivity index (χ3n) is 2.30. The molecule has 0 aliphatic rings.